The van der Waals surface area contributed by atoms with Crippen molar-refractivity contribution in [1.82, 2.24) is 5.32 Å². The van der Waals surface area contributed by atoms with Gasteiger partial charge in [-0.25, -0.2) is 0 Å². The van der Waals surface area contributed by atoms with Crippen LogP contribution >= 0.6 is 38.9 Å². The molecular weight excluding hydrogens is 330 g/mol. The molecule has 2 rings (SSSR count). The second-order valence-corrected chi connectivity index (χ2v) is 6.45. The molecule has 4 heteroatoms. The highest BCUT2D eigenvalue weighted by molar-refractivity contribution is 9.10. The Bertz CT molecular complexity index is 538. The molecule has 1 aromatic carbocycles. The summed E-state index contributed by atoms with van der Waals surface area (Å²) in [5, 5.41) is 4.13. The van der Waals surface area contributed by atoms with Crippen molar-refractivity contribution in [3.8, 4) is 0 Å². The number of hydrogen-bond donors (Lipinski definition) is 1. The largest absolute Gasteiger partial charge is 0.309 e. The van der Waals surface area contributed by atoms with Gasteiger partial charge < -0.3 is 5.32 Å². The van der Waals surface area contributed by atoms with Crippen LogP contribution in [0.25, 0.3) is 0 Å². The molecule has 0 radical (unpaired) electrons. The van der Waals surface area contributed by atoms with Gasteiger partial charge in [-0.05, 0) is 53.2 Å². The molecule has 0 spiro atoms. The van der Waals surface area contributed by atoms with E-state index in [-0.39, 0.29) is 6.04 Å². The lowest BCUT2D eigenvalue weighted by molar-refractivity contribution is 0.704. The fraction of sp³-hybridized carbons (Fsp3) is 0.286. The minimum atomic E-state index is 0.153. The third kappa shape index (κ3) is 2.80. The summed E-state index contributed by atoms with van der Waals surface area (Å²) in [6.07, 6.45) is 1.08. The third-order valence-electron chi connectivity index (χ3n) is 2.90. The smallest absolute Gasteiger partial charge is 0.0683 e. The minimum absolute atomic E-state index is 0.153. The zero-order chi connectivity index (χ0) is 13.1. The van der Waals surface area contributed by atoms with Gasteiger partial charge >= 0.3 is 0 Å². The molecule has 18 heavy (non-hydrogen) atoms. The lowest BCUT2D eigenvalue weighted by Gasteiger charge is -2.17. The summed E-state index contributed by atoms with van der Waals surface area (Å²) in [6, 6.07) is 10.6. The van der Waals surface area contributed by atoms with E-state index in [1.54, 1.807) is 0 Å². The van der Waals surface area contributed by atoms with Crippen molar-refractivity contribution >= 4 is 38.9 Å². The van der Waals surface area contributed by atoms with E-state index in [0.29, 0.717) is 0 Å². The zero-order valence-corrected chi connectivity index (χ0v) is 13.5. The Kier molecular flexibility index (Phi) is 4.84. The number of aryl methyl sites for hydroxylation is 1. The van der Waals surface area contributed by atoms with E-state index in [2.05, 4.69) is 46.4 Å². The Morgan fingerprint density at radius 3 is 2.72 bits per heavy atom. The summed E-state index contributed by atoms with van der Waals surface area (Å²) in [5.74, 6) is 0. The SMILES string of the molecule is CCc1ccc(C(NC)c2cccc(Br)c2Cl)s1. The van der Waals surface area contributed by atoms with Crippen LogP contribution in [0.1, 0.15) is 28.3 Å². The maximum atomic E-state index is 6.38. The highest BCUT2D eigenvalue weighted by Crippen LogP contribution is 2.35. The molecule has 0 bridgehead atoms. The first kappa shape index (κ1) is 14.1. The number of hydrogen-bond acceptors (Lipinski definition) is 2. The first-order chi connectivity index (χ1) is 8.67. The molecule has 1 aromatic heterocycles. The van der Waals surface area contributed by atoms with Crippen LogP contribution in [0.3, 0.4) is 0 Å². The average Bonchev–Trinajstić information content (AvgIpc) is 2.84. The van der Waals surface area contributed by atoms with Crippen molar-refractivity contribution in [2.45, 2.75) is 19.4 Å². The first-order valence-electron chi connectivity index (χ1n) is 5.87. The average molecular weight is 345 g/mol. The molecule has 0 saturated heterocycles. The molecule has 2 aromatic rings. The molecule has 0 fully saturated rings. The molecule has 0 aliphatic carbocycles. The van der Waals surface area contributed by atoms with Crippen molar-refractivity contribution in [2.75, 3.05) is 7.05 Å². The lowest BCUT2D eigenvalue weighted by atomic mass is 10.1. The number of halogens is 2. The van der Waals surface area contributed by atoms with Crippen LogP contribution in [0, 0.1) is 0 Å². The first-order valence-corrected chi connectivity index (χ1v) is 7.86. The van der Waals surface area contributed by atoms with Crippen molar-refractivity contribution in [3.05, 3.63) is 55.1 Å². The summed E-state index contributed by atoms with van der Waals surface area (Å²) >= 11 is 11.7. The standard InChI is InChI=1S/C14H15BrClNS/c1-3-9-7-8-12(18-9)14(17-2)10-5-4-6-11(15)13(10)16/h4-8,14,17H,3H2,1-2H3. The van der Waals surface area contributed by atoms with Gasteiger partial charge in [0, 0.05) is 14.2 Å². The van der Waals surface area contributed by atoms with Gasteiger partial charge in [0.2, 0.25) is 0 Å². The summed E-state index contributed by atoms with van der Waals surface area (Å²) < 4.78 is 0.939. The topological polar surface area (TPSA) is 12.0 Å². The Morgan fingerprint density at radius 1 is 1.33 bits per heavy atom. The predicted octanol–water partition coefficient (Wildman–Crippen LogP) is 5.04. The van der Waals surface area contributed by atoms with Crippen LogP contribution in [-0.4, -0.2) is 7.05 Å². The van der Waals surface area contributed by atoms with E-state index in [1.807, 2.05) is 30.5 Å². The predicted molar refractivity (Wildman–Crippen MR) is 83.8 cm³/mol. The van der Waals surface area contributed by atoms with Gasteiger partial charge in [-0.1, -0.05) is 30.7 Å². The zero-order valence-electron chi connectivity index (χ0n) is 10.3. The van der Waals surface area contributed by atoms with Crippen LogP contribution in [-0.2, 0) is 6.42 Å². The number of thiophene rings is 1. The fourth-order valence-electron chi connectivity index (χ4n) is 1.93. The van der Waals surface area contributed by atoms with Crippen LogP contribution < -0.4 is 5.32 Å². The molecule has 0 aliphatic rings. The quantitative estimate of drug-likeness (QED) is 0.819. The normalized spacial score (nSPS) is 12.7. The third-order valence-corrected chi connectivity index (χ3v) is 5.50. The molecule has 1 N–H and O–H groups in total. The van der Waals surface area contributed by atoms with Gasteiger partial charge in [0.05, 0.1) is 11.1 Å². The van der Waals surface area contributed by atoms with Crippen molar-refractivity contribution < 1.29 is 0 Å². The number of benzene rings is 1. The van der Waals surface area contributed by atoms with Crippen molar-refractivity contribution in [2.24, 2.45) is 0 Å². The molecule has 1 atom stereocenters. The summed E-state index contributed by atoms with van der Waals surface area (Å²) in [7, 11) is 1.97. The maximum absolute atomic E-state index is 6.38. The van der Waals surface area contributed by atoms with Gasteiger partial charge in [-0.15, -0.1) is 11.3 Å². The van der Waals surface area contributed by atoms with Crippen molar-refractivity contribution in [3.63, 3.8) is 0 Å². The molecule has 0 saturated carbocycles. The second kappa shape index (κ2) is 6.20. The fourth-order valence-corrected chi connectivity index (χ4v) is 3.63. The maximum Gasteiger partial charge on any atom is 0.0683 e. The van der Waals surface area contributed by atoms with Crippen LogP contribution in [0.2, 0.25) is 5.02 Å². The number of nitrogens with one attached hydrogen (secondary N) is 1. The van der Waals surface area contributed by atoms with E-state index in [4.69, 9.17) is 11.6 Å². The number of rotatable bonds is 4. The Balaban J connectivity index is 2.41. The van der Waals surface area contributed by atoms with E-state index in [9.17, 15) is 0 Å². The molecule has 0 amide bonds. The molecule has 1 nitrogen and oxygen atoms in total. The van der Waals surface area contributed by atoms with E-state index < -0.39 is 0 Å². The summed E-state index contributed by atoms with van der Waals surface area (Å²) in [6.45, 7) is 2.18. The molecular formula is C14H15BrClNS. The lowest BCUT2D eigenvalue weighted by Crippen LogP contribution is -2.16. The van der Waals surface area contributed by atoms with Gasteiger partial charge in [0.15, 0.2) is 0 Å². The summed E-state index contributed by atoms with van der Waals surface area (Å²) in [5.41, 5.74) is 1.11. The van der Waals surface area contributed by atoms with Crippen LogP contribution in [0.5, 0.6) is 0 Å². The van der Waals surface area contributed by atoms with E-state index in [1.165, 1.54) is 9.75 Å². The minimum Gasteiger partial charge on any atom is -0.309 e. The second-order valence-electron chi connectivity index (χ2n) is 4.02. The van der Waals surface area contributed by atoms with Gasteiger partial charge in [-0.2, -0.15) is 0 Å². The van der Waals surface area contributed by atoms with Crippen LogP contribution in [0.4, 0.5) is 0 Å². The molecule has 1 heterocycles. The Labute approximate surface area is 125 Å². The summed E-state index contributed by atoms with van der Waals surface area (Å²) in [4.78, 5) is 2.70. The van der Waals surface area contributed by atoms with E-state index in [0.717, 1.165) is 21.5 Å². The molecule has 0 aliphatic heterocycles. The highest BCUT2D eigenvalue weighted by Gasteiger charge is 2.18. The van der Waals surface area contributed by atoms with Crippen LogP contribution in [0.15, 0.2) is 34.8 Å². The Morgan fingerprint density at radius 2 is 2.11 bits per heavy atom. The molecule has 96 valence electrons. The van der Waals surface area contributed by atoms with Gasteiger partial charge in [0.25, 0.3) is 0 Å². The van der Waals surface area contributed by atoms with Gasteiger partial charge in [-0.3, -0.25) is 0 Å². The molecule has 1 unspecified atom stereocenters. The van der Waals surface area contributed by atoms with Crippen molar-refractivity contribution in [1.29, 1.82) is 0 Å². The highest BCUT2D eigenvalue weighted by atomic mass is 79.9. The van der Waals surface area contributed by atoms with E-state index >= 15 is 0 Å². The Hall–Kier alpha value is -0.350. The van der Waals surface area contributed by atoms with Gasteiger partial charge in [0.1, 0.15) is 0 Å². The monoisotopic (exact) mass is 343 g/mol.